The van der Waals surface area contributed by atoms with Crippen LogP contribution in [-0.4, -0.2) is 9.97 Å². The Labute approximate surface area is 86.9 Å². The Morgan fingerprint density at radius 1 is 1.43 bits per heavy atom. The molecule has 0 amide bonds. The van der Waals surface area contributed by atoms with Gasteiger partial charge in [-0.1, -0.05) is 18.5 Å². The van der Waals surface area contributed by atoms with E-state index in [0.717, 1.165) is 17.3 Å². The van der Waals surface area contributed by atoms with Gasteiger partial charge in [-0.15, -0.1) is 0 Å². The molecule has 0 aliphatic carbocycles. The highest BCUT2D eigenvalue weighted by molar-refractivity contribution is 6.35. The first-order valence-electron chi connectivity index (χ1n) is 4.41. The smallest absolute Gasteiger partial charge is 0.220 e. The third-order valence-electron chi connectivity index (χ3n) is 2.12. The highest BCUT2D eigenvalue weighted by atomic mass is 35.5. The molecule has 72 valence electrons. The summed E-state index contributed by atoms with van der Waals surface area (Å²) in [6.45, 7) is 2.08. The minimum absolute atomic E-state index is 0.253. The van der Waals surface area contributed by atoms with E-state index in [9.17, 15) is 0 Å². The lowest BCUT2D eigenvalue weighted by molar-refractivity contribution is 1.14. The Balaban J connectivity index is 2.76. The number of nitrogens with two attached hydrogens (primary N) is 1. The number of rotatable bonds is 1. The average Bonchev–Trinajstić information content (AvgIpc) is 2.19. The molecule has 2 rings (SSSR count). The first-order valence-corrected chi connectivity index (χ1v) is 4.79. The molecule has 14 heavy (non-hydrogen) atoms. The van der Waals surface area contributed by atoms with Crippen molar-refractivity contribution < 1.29 is 0 Å². The Morgan fingerprint density at radius 3 is 2.93 bits per heavy atom. The van der Waals surface area contributed by atoms with Gasteiger partial charge in [-0.25, -0.2) is 9.97 Å². The molecule has 0 atom stereocenters. The van der Waals surface area contributed by atoms with Gasteiger partial charge in [-0.2, -0.15) is 0 Å². The SMILES string of the molecule is CCc1cc(Cl)c2nc(N)ncc2c1. The molecule has 0 aliphatic rings. The van der Waals surface area contributed by atoms with Crippen LogP contribution in [-0.2, 0) is 6.42 Å². The summed E-state index contributed by atoms with van der Waals surface area (Å²) in [4.78, 5) is 8.02. The molecule has 0 saturated carbocycles. The maximum absolute atomic E-state index is 6.07. The molecular formula is C10H10ClN3. The second kappa shape index (κ2) is 3.42. The van der Waals surface area contributed by atoms with Crippen LogP contribution in [0, 0.1) is 0 Å². The predicted molar refractivity (Wildman–Crippen MR) is 58.3 cm³/mol. The summed E-state index contributed by atoms with van der Waals surface area (Å²) in [5.41, 5.74) is 7.38. The van der Waals surface area contributed by atoms with Crippen LogP contribution in [0.4, 0.5) is 5.95 Å². The summed E-state index contributed by atoms with van der Waals surface area (Å²) >= 11 is 6.07. The molecule has 3 nitrogen and oxygen atoms in total. The third-order valence-corrected chi connectivity index (χ3v) is 2.41. The van der Waals surface area contributed by atoms with Gasteiger partial charge in [-0.05, 0) is 24.1 Å². The molecule has 0 saturated heterocycles. The van der Waals surface area contributed by atoms with Crippen molar-refractivity contribution in [2.24, 2.45) is 0 Å². The maximum atomic E-state index is 6.07. The fourth-order valence-electron chi connectivity index (χ4n) is 1.38. The van der Waals surface area contributed by atoms with Gasteiger partial charge in [0.05, 0.1) is 10.5 Å². The monoisotopic (exact) mass is 207 g/mol. The van der Waals surface area contributed by atoms with Gasteiger partial charge in [0.1, 0.15) is 0 Å². The number of aryl methyl sites for hydroxylation is 1. The molecule has 2 aromatic rings. The van der Waals surface area contributed by atoms with Crippen molar-refractivity contribution >= 4 is 28.5 Å². The summed E-state index contributed by atoms with van der Waals surface area (Å²) in [7, 11) is 0. The predicted octanol–water partition coefficient (Wildman–Crippen LogP) is 2.43. The van der Waals surface area contributed by atoms with Crippen molar-refractivity contribution in [1.29, 1.82) is 0 Å². The van der Waals surface area contributed by atoms with Crippen LogP contribution in [0.15, 0.2) is 18.3 Å². The zero-order chi connectivity index (χ0) is 10.1. The molecule has 2 N–H and O–H groups in total. The Bertz CT molecular complexity index is 482. The van der Waals surface area contributed by atoms with Crippen molar-refractivity contribution in [3.8, 4) is 0 Å². The number of halogens is 1. The van der Waals surface area contributed by atoms with E-state index in [2.05, 4.69) is 16.9 Å². The van der Waals surface area contributed by atoms with Crippen LogP contribution in [0.1, 0.15) is 12.5 Å². The van der Waals surface area contributed by atoms with Crippen LogP contribution in [0.5, 0.6) is 0 Å². The second-order valence-corrected chi connectivity index (χ2v) is 3.50. The van der Waals surface area contributed by atoms with Crippen molar-refractivity contribution in [2.45, 2.75) is 13.3 Å². The Kier molecular flexibility index (Phi) is 2.25. The number of fused-ring (bicyclic) bond motifs is 1. The molecule has 1 aromatic carbocycles. The molecule has 4 heteroatoms. The average molecular weight is 208 g/mol. The highest BCUT2D eigenvalue weighted by Gasteiger charge is 2.03. The largest absolute Gasteiger partial charge is 0.368 e. The second-order valence-electron chi connectivity index (χ2n) is 3.10. The third kappa shape index (κ3) is 1.51. The molecule has 0 aliphatic heterocycles. The normalized spacial score (nSPS) is 10.7. The van der Waals surface area contributed by atoms with Crippen LogP contribution < -0.4 is 5.73 Å². The molecule has 0 fully saturated rings. The van der Waals surface area contributed by atoms with Crippen LogP contribution in [0.25, 0.3) is 10.9 Å². The Morgan fingerprint density at radius 2 is 2.21 bits per heavy atom. The molecule has 0 radical (unpaired) electrons. The van der Waals surface area contributed by atoms with Crippen LogP contribution in [0.3, 0.4) is 0 Å². The molecule has 1 heterocycles. The van der Waals surface area contributed by atoms with E-state index in [4.69, 9.17) is 17.3 Å². The van der Waals surface area contributed by atoms with Crippen LogP contribution in [0.2, 0.25) is 5.02 Å². The first kappa shape index (κ1) is 9.21. The highest BCUT2D eigenvalue weighted by Crippen LogP contribution is 2.23. The van der Waals surface area contributed by atoms with E-state index < -0.39 is 0 Å². The van der Waals surface area contributed by atoms with Crippen molar-refractivity contribution in [3.05, 3.63) is 28.9 Å². The zero-order valence-corrected chi connectivity index (χ0v) is 8.54. The summed E-state index contributed by atoms with van der Waals surface area (Å²) in [5, 5.41) is 1.57. The molecule has 0 bridgehead atoms. The lowest BCUT2D eigenvalue weighted by Crippen LogP contribution is -1.95. The molecular weight excluding hydrogens is 198 g/mol. The van der Waals surface area contributed by atoms with Gasteiger partial charge in [0.25, 0.3) is 0 Å². The van der Waals surface area contributed by atoms with Gasteiger partial charge in [-0.3, -0.25) is 0 Å². The quantitative estimate of drug-likeness (QED) is 0.782. The van der Waals surface area contributed by atoms with E-state index in [1.807, 2.05) is 12.1 Å². The minimum Gasteiger partial charge on any atom is -0.368 e. The molecule has 0 unspecified atom stereocenters. The number of hydrogen-bond acceptors (Lipinski definition) is 3. The number of aromatic nitrogens is 2. The van der Waals surface area contributed by atoms with Crippen molar-refractivity contribution in [1.82, 2.24) is 9.97 Å². The fourth-order valence-corrected chi connectivity index (χ4v) is 1.67. The summed E-state index contributed by atoms with van der Waals surface area (Å²) in [6.07, 6.45) is 2.64. The summed E-state index contributed by atoms with van der Waals surface area (Å²) in [5.74, 6) is 0.253. The van der Waals surface area contributed by atoms with E-state index in [-0.39, 0.29) is 5.95 Å². The van der Waals surface area contributed by atoms with Crippen molar-refractivity contribution in [3.63, 3.8) is 0 Å². The van der Waals surface area contributed by atoms with Gasteiger partial charge in [0.15, 0.2) is 0 Å². The van der Waals surface area contributed by atoms with Gasteiger partial charge < -0.3 is 5.73 Å². The molecule has 0 spiro atoms. The first-order chi connectivity index (χ1) is 6.70. The van der Waals surface area contributed by atoms with Crippen molar-refractivity contribution in [2.75, 3.05) is 5.73 Å². The lowest BCUT2D eigenvalue weighted by atomic mass is 10.1. The number of nitrogens with zero attached hydrogens (tertiary/aromatic N) is 2. The van der Waals surface area contributed by atoms with Gasteiger partial charge in [0.2, 0.25) is 5.95 Å². The topological polar surface area (TPSA) is 51.8 Å². The standard InChI is InChI=1S/C10H10ClN3/c1-2-6-3-7-5-13-10(12)14-9(7)8(11)4-6/h3-5H,2H2,1H3,(H2,12,13,14). The zero-order valence-electron chi connectivity index (χ0n) is 7.79. The van der Waals surface area contributed by atoms with E-state index in [1.165, 1.54) is 5.56 Å². The maximum Gasteiger partial charge on any atom is 0.220 e. The summed E-state index contributed by atoms with van der Waals surface area (Å²) < 4.78 is 0. The number of anilines is 1. The van der Waals surface area contributed by atoms with Crippen LogP contribution >= 0.6 is 11.6 Å². The number of benzene rings is 1. The Hall–Kier alpha value is -1.35. The van der Waals surface area contributed by atoms with E-state index in [1.54, 1.807) is 6.20 Å². The fraction of sp³-hybridized carbons (Fsp3) is 0.200. The minimum atomic E-state index is 0.253. The number of nitrogen functional groups attached to an aromatic ring is 1. The lowest BCUT2D eigenvalue weighted by Gasteiger charge is -2.03. The van der Waals surface area contributed by atoms with E-state index in [0.29, 0.717) is 5.02 Å². The van der Waals surface area contributed by atoms with Gasteiger partial charge in [0, 0.05) is 11.6 Å². The summed E-state index contributed by atoms with van der Waals surface area (Å²) in [6, 6.07) is 3.94. The number of hydrogen-bond donors (Lipinski definition) is 1. The molecule has 1 aromatic heterocycles. The van der Waals surface area contributed by atoms with E-state index >= 15 is 0 Å². The van der Waals surface area contributed by atoms with Gasteiger partial charge >= 0.3 is 0 Å².